The zero-order valence-electron chi connectivity index (χ0n) is 14.5. The van der Waals surface area contributed by atoms with Crippen LogP contribution in [-0.4, -0.2) is 30.5 Å². The van der Waals surface area contributed by atoms with Gasteiger partial charge >= 0.3 is 0 Å². The van der Waals surface area contributed by atoms with Crippen molar-refractivity contribution in [3.63, 3.8) is 0 Å². The van der Waals surface area contributed by atoms with Crippen LogP contribution in [0.25, 0.3) is 21.9 Å². The van der Waals surface area contributed by atoms with Crippen LogP contribution in [0.3, 0.4) is 0 Å². The van der Waals surface area contributed by atoms with Gasteiger partial charge in [0, 0.05) is 12.1 Å². The molecule has 9 nitrogen and oxygen atoms in total. The lowest BCUT2D eigenvalue weighted by Gasteiger charge is -2.09. The van der Waals surface area contributed by atoms with E-state index in [1.807, 2.05) is 0 Å². The van der Waals surface area contributed by atoms with E-state index < -0.39 is 5.09 Å². The third kappa shape index (κ3) is 4.02. The third-order valence-electron chi connectivity index (χ3n) is 3.94. The summed E-state index contributed by atoms with van der Waals surface area (Å²) in [5.74, 6) is 0.582. The van der Waals surface area contributed by atoms with Gasteiger partial charge in [-0.05, 0) is 31.0 Å². The van der Waals surface area contributed by atoms with Gasteiger partial charge in [-0.15, -0.1) is 10.1 Å². The first-order valence-corrected chi connectivity index (χ1v) is 8.17. The Balaban J connectivity index is 1.82. The van der Waals surface area contributed by atoms with Gasteiger partial charge in [-0.2, -0.15) is 0 Å². The summed E-state index contributed by atoms with van der Waals surface area (Å²) >= 11 is 0. The molecule has 3 rings (SSSR count). The van der Waals surface area contributed by atoms with Crippen molar-refractivity contribution in [3.8, 4) is 17.2 Å². The maximum absolute atomic E-state index is 12.7. The van der Waals surface area contributed by atoms with Crippen molar-refractivity contribution >= 4 is 21.9 Å². The van der Waals surface area contributed by atoms with Crippen molar-refractivity contribution in [2.24, 2.45) is 0 Å². The predicted octanol–water partition coefficient (Wildman–Crippen LogP) is 3.03. The molecule has 0 saturated carbocycles. The van der Waals surface area contributed by atoms with E-state index in [2.05, 4.69) is 4.84 Å². The molecule has 3 aromatic rings. The molecule has 0 radical (unpaired) electrons. The third-order valence-corrected chi connectivity index (χ3v) is 3.94. The molecule has 0 aliphatic rings. The average molecular weight is 375 g/mol. The molecule has 1 aromatic heterocycles. The standard InChI is InChI=1S/C18H17NO8/c1-24-11-4-5-15-13(8-11)18(21)17-14(20)9-12(10-16(17)27-15)25-6-2-3-7-26-19(22)23/h4-5,8-10,20H,2-3,6-7H2,1H3. The molecule has 0 spiro atoms. The molecule has 0 bridgehead atoms. The lowest BCUT2D eigenvalue weighted by Crippen LogP contribution is -2.05. The normalized spacial score (nSPS) is 10.9. The van der Waals surface area contributed by atoms with Gasteiger partial charge in [0.2, 0.25) is 5.43 Å². The van der Waals surface area contributed by atoms with E-state index in [1.165, 1.54) is 19.2 Å². The smallest absolute Gasteiger partial charge is 0.294 e. The number of phenolic OH excluding ortho intramolecular Hbond substituents is 1. The number of aromatic hydroxyl groups is 1. The molecule has 0 aliphatic carbocycles. The Labute approximate surface area is 152 Å². The fraction of sp³-hybridized carbons (Fsp3) is 0.278. The van der Waals surface area contributed by atoms with Crippen LogP contribution in [0.4, 0.5) is 0 Å². The number of hydrogen-bond acceptors (Lipinski definition) is 8. The Bertz CT molecular complexity index is 1040. The van der Waals surface area contributed by atoms with Crippen molar-refractivity contribution in [1.29, 1.82) is 0 Å². The largest absolute Gasteiger partial charge is 0.507 e. The van der Waals surface area contributed by atoms with Crippen LogP contribution in [0.2, 0.25) is 0 Å². The van der Waals surface area contributed by atoms with Crippen LogP contribution in [0.5, 0.6) is 17.2 Å². The highest BCUT2D eigenvalue weighted by molar-refractivity contribution is 5.94. The topological polar surface area (TPSA) is 121 Å². The molecule has 1 N–H and O–H groups in total. The fourth-order valence-electron chi connectivity index (χ4n) is 2.66. The zero-order valence-corrected chi connectivity index (χ0v) is 14.5. The highest BCUT2D eigenvalue weighted by Gasteiger charge is 2.14. The molecule has 9 heteroatoms. The summed E-state index contributed by atoms with van der Waals surface area (Å²) in [4.78, 5) is 27.0. The molecule has 0 amide bonds. The molecule has 0 unspecified atom stereocenters. The lowest BCUT2D eigenvalue weighted by molar-refractivity contribution is -0.757. The van der Waals surface area contributed by atoms with Gasteiger partial charge in [0.05, 0.1) is 25.7 Å². The van der Waals surface area contributed by atoms with Gasteiger partial charge < -0.3 is 23.8 Å². The maximum Gasteiger partial charge on any atom is 0.294 e. The van der Waals surface area contributed by atoms with Gasteiger partial charge in [0.1, 0.15) is 33.8 Å². The van der Waals surface area contributed by atoms with Crippen molar-refractivity contribution in [2.45, 2.75) is 12.8 Å². The Morgan fingerprint density at radius 2 is 1.89 bits per heavy atom. The minimum absolute atomic E-state index is 0.0103. The summed E-state index contributed by atoms with van der Waals surface area (Å²) < 4.78 is 16.4. The molecule has 0 fully saturated rings. The number of nitrogens with zero attached hydrogens (tertiary/aromatic N) is 1. The van der Waals surface area contributed by atoms with Gasteiger partial charge in [-0.3, -0.25) is 4.79 Å². The molecule has 0 aliphatic heterocycles. The Hall–Kier alpha value is -3.49. The van der Waals surface area contributed by atoms with Gasteiger partial charge in [0.15, 0.2) is 0 Å². The average Bonchev–Trinajstić information content (AvgIpc) is 2.64. The van der Waals surface area contributed by atoms with Crippen LogP contribution in [0.15, 0.2) is 39.5 Å². The van der Waals surface area contributed by atoms with Crippen LogP contribution < -0.4 is 14.9 Å². The van der Waals surface area contributed by atoms with Gasteiger partial charge in [0.25, 0.3) is 5.09 Å². The quantitative estimate of drug-likeness (QED) is 0.276. The lowest BCUT2D eigenvalue weighted by atomic mass is 10.1. The summed E-state index contributed by atoms with van der Waals surface area (Å²) in [6, 6.07) is 7.70. The van der Waals surface area contributed by atoms with Crippen LogP contribution >= 0.6 is 0 Å². The number of hydrogen-bond donors (Lipinski definition) is 1. The summed E-state index contributed by atoms with van der Waals surface area (Å²) in [5.41, 5.74) is 0.192. The number of benzene rings is 2. The number of methoxy groups -OCH3 is 1. The fourth-order valence-corrected chi connectivity index (χ4v) is 2.66. The number of fused-ring (bicyclic) bond motifs is 2. The van der Waals surface area contributed by atoms with Crippen molar-refractivity contribution in [3.05, 3.63) is 50.7 Å². The summed E-state index contributed by atoms with van der Waals surface area (Å²) in [6.07, 6.45) is 0.968. The van der Waals surface area contributed by atoms with Crippen LogP contribution in [0, 0.1) is 10.1 Å². The van der Waals surface area contributed by atoms with Crippen LogP contribution in [-0.2, 0) is 4.84 Å². The zero-order chi connectivity index (χ0) is 19.4. The minimum atomic E-state index is -0.843. The molecule has 27 heavy (non-hydrogen) atoms. The second-order valence-electron chi connectivity index (χ2n) is 5.72. The SMILES string of the molecule is COc1ccc2oc3cc(OCCCCO[N+](=O)[O-])cc(O)c3c(=O)c2c1. The Morgan fingerprint density at radius 1 is 1.11 bits per heavy atom. The van der Waals surface area contributed by atoms with Gasteiger partial charge in [-0.25, -0.2) is 0 Å². The summed E-state index contributed by atoms with van der Waals surface area (Å²) in [5, 5.41) is 19.8. The summed E-state index contributed by atoms with van der Waals surface area (Å²) in [7, 11) is 1.49. The first kappa shape index (κ1) is 18.3. The first-order valence-electron chi connectivity index (χ1n) is 8.17. The van der Waals surface area contributed by atoms with E-state index >= 15 is 0 Å². The number of ether oxygens (including phenoxy) is 2. The Kier molecular flexibility index (Phi) is 5.30. The van der Waals surface area contributed by atoms with E-state index in [4.69, 9.17) is 13.9 Å². The van der Waals surface area contributed by atoms with E-state index in [1.54, 1.807) is 18.2 Å². The van der Waals surface area contributed by atoms with Gasteiger partial charge in [-0.1, -0.05) is 0 Å². The van der Waals surface area contributed by atoms with E-state index in [0.717, 1.165) is 0 Å². The van der Waals surface area contributed by atoms with E-state index in [0.29, 0.717) is 35.3 Å². The molecular weight excluding hydrogens is 358 g/mol. The monoisotopic (exact) mass is 375 g/mol. The van der Waals surface area contributed by atoms with Crippen molar-refractivity contribution in [1.82, 2.24) is 0 Å². The second-order valence-corrected chi connectivity index (χ2v) is 5.72. The second kappa shape index (κ2) is 7.81. The Morgan fingerprint density at radius 3 is 2.63 bits per heavy atom. The van der Waals surface area contributed by atoms with Crippen LogP contribution in [0.1, 0.15) is 12.8 Å². The van der Waals surface area contributed by atoms with Crippen molar-refractivity contribution < 1.29 is 28.9 Å². The minimum Gasteiger partial charge on any atom is -0.507 e. The summed E-state index contributed by atoms with van der Waals surface area (Å²) in [6.45, 7) is 0.255. The number of phenols is 1. The molecule has 0 atom stereocenters. The highest BCUT2D eigenvalue weighted by Crippen LogP contribution is 2.31. The molecule has 2 aromatic carbocycles. The first-order chi connectivity index (χ1) is 13.0. The van der Waals surface area contributed by atoms with E-state index in [-0.39, 0.29) is 35.4 Å². The molecule has 142 valence electrons. The molecular formula is C18H17NO8. The number of rotatable bonds is 8. The molecule has 1 heterocycles. The van der Waals surface area contributed by atoms with Crippen molar-refractivity contribution in [2.75, 3.05) is 20.3 Å². The predicted molar refractivity (Wildman–Crippen MR) is 95.9 cm³/mol. The maximum atomic E-state index is 12.7. The van der Waals surface area contributed by atoms with E-state index in [9.17, 15) is 20.0 Å². The highest BCUT2D eigenvalue weighted by atomic mass is 16.9. The molecule has 0 saturated heterocycles. The number of unbranched alkanes of at least 4 members (excludes halogenated alkanes) is 1.